The van der Waals surface area contributed by atoms with E-state index in [1.165, 1.54) is 24.3 Å². The predicted octanol–water partition coefficient (Wildman–Crippen LogP) is 6.29. The lowest BCUT2D eigenvalue weighted by molar-refractivity contribution is -0.0498. The number of amides is 1. The van der Waals surface area contributed by atoms with Crippen LogP contribution in [0.3, 0.4) is 0 Å². The lowest BCUT2D eigenvalue weighted by atomic mass is 10.0. The molecule has 0 radical (unpaired) electrons. The minimum absolute atomic E-state index is 0.0173. The average Bonchev–Trinajstić information content (AvgIpc) is 3.38. The maximum absolute atomic E-state index is 13.6. The van der Waals surface area contributed by atoms with Crippen LogP contribution in [0.2, 0.25) is 0 Å². The summed E-state index contributed by atoms with van der Waals surface area (Å²) in [5.41, 5.74) is 3.02. The lowest BCUT2D eigenvalue weighted by Crippen LogP contribution is -2.35. The third kappa shape index (κ3) is 5.06. The van der Waals surface area contributed by atoms with E-state index in [0.29, 0.717) is 34.3 Å². The summed E-state index contributed by atoms with van der Waals surface area (Å²) in [6, 6.07) is 17.0. The van der Waals surface area contributed by atoms with Gasteiger partial charge in [0.05, 0.1) is 11.3 Å². The van der Waals surface area contributed by atoms with Gasteiger partial charge >= 0.3 is 6.61 Å². The number of nitrogens with one attached hydrogen (secondary N) is 1. The SMILES string of the molecule is O=C(NC1CCS(O)(O)C1)c1ccc2c(-c3cccc(OC(F)F)c3)cn(-c3ccc(F)cc3)c2c1. The molecule has 3 N–H and O–H groups in total. The Bertz CT molecular complexity index is 1420. The summed E-state index contributed by atoms with van der Waals surface area (Å²) in [6.07, 6.45) is 2.29. The molecular weight excluding hydrogens is 493 g/mol. The Morgan fingerprint density at radius 3 is 2.56 bits per heavy atom. The maximum Gasteiger partial charge on any atom is 0.387 e. The van der Waals surface area contributed by atoms with Gasteiger partial charge in [0, 0.05) is 40.2 Å². The lowest BCUT2D eigenvalue weighted by Gasteiger charge is -2.26. The quantitative estimate of drug-likeness (QED) is 0.281. The Balaban J connectivity index is 1.57. The first-order valence-corrected chi connectivity index (χ1v) is 13.1. The van der Waals surface area contributed by atoms with Crippen molar-refractivity contribution in [2.45, 2.75) is 19.1 Å². The number of nitrogens with zero attached hydrogens (tertiary/aromatic N) is 1. The van der Waals surface area contributed by atoms with Gasteiger partial charge in [-0.1, -0.05) is 18.2 Å². The van der Waals surface area contributed by atoms with E-state index in [1.54, 1.807) is 53.2 Å². The summed E-state index contributed by atoms with van der Waals surface area (Å²) in [7, 11) is -2.65. The molecule has 1 fully saturated rings. The van der Waals surface area contributed by atoms with Crippen molar-refractivity contribution in [3.05, 3.63) is 84.3 Å². The molecule has 0 aliphatic carbocycles. The normalized spacial score (nSPS) is 17.9. The van der Waals surface area contributed by atoms with Crippen LogP contribution in [-0.2, 0) is 0 Å². The monoisotopic (exact) mass is 516 g/mol. The predicted molar refractivity (Wildman–Crippen MR) is 134 cm³/mol. The minimum Gasteiger partial charge on any atom is -0.435 e. The highest BCUT2D eigenvalue weighted by Crippen LogP contribution is 2.45. The molecule has 1 aliphatic heterocycles. The van der Waals surface area contributed by atoms with Crippen molar-refractivity contribution in [3.63, 3.8) is 0 Å². The number of ether oxygens (including phenoxy) is 1. The van der Waals surface area contributed by atoms with Crippen molar-refractivity contribution in [2.75, 3.05) is 11.5 Å². The molecule has 1 unspecified atom stereocenters. The van der Waals surface area contributed by atoms with E-state index in [2.05, 4.69) is 10.1 Å². The highest BCUT2D eigenvalue weighted by molar-refractivity contribution is 8.24. The number of alkyl halides is 2. The van der Waals surface area contributed by atoms with Crippen LogP contribution in [0.5, 0.6) is 5.75 Å². The molecule has 3 aromatic carbocycles. The van der Waals surface area contributed by atoms with E-state index >= 15 is 0 Å². The largest absolute Gasteiger partial charge is 0.435 e. The Morgan fingerprint density at radius 2 is 1.86 bits per heavy atom. The van der Waals surface area contributed by atoms with Crippen molar-refractivity contribution < 1.29 is 31.8 Å². The van der Waals surface area contributed by atoms with Crippen molar-refractivity contribution in [3.8, 4) is 22.6 Å². The van der Waals surface area contributed by atoms with E-state index in [0.717, 1.165) is 5.39 Å². The smallest absolute Gasteiger partial charge is 0.387 e. The molecule has 4 aromatic rings. The van der Waals surface area contributed by atoms with Crippen LogP contribution in [0.1, 0.15) is 16.8 Å². The Hall–Kier alpha value is -3.47. The van der Waals surface area contributed by atoms with Crippen molar-refractivity contribution in [1.82, 2.24) is 9.88 Å². The minimum atomic E-state index is -2.95. The fourth-order valence-corrected chi connectivity index (χ4v) is 6.18. The second kappa shape index (κ2) is 9.53. The van der Waals surface area contributed by atoms with E-state index in [-0.39, 0.29) is 29.2 Å². The topological polar surface area (TPSA) is 83.7 Å². The summed E-state index contributed by atoms with van der Waals surface area (Å²) in [6.45, 7) is -2.95. The van der Waals surface area contributed by atoms with Gasteiger partial charge < -0.3 is 14.6 Å². The molecule has 1 aromatic heterocycles. The van der Waals surface area contributed by atoms with Crippen LogP contribution in [0.4, 0.5) is 13.2 Å². The number of benzene rings is 3. The molecule has 0 spiro atoms. The summed E-state index contributed by atoms with van der Waals surface area (Å²) in [5.74, 6) is -0.325. The number of carbonyl (C=O) groups excluding carboxylic acids is 1. The van der Waals surface area contributed by atoms with Gasteiger partial charge in [-0.05, 0) is 60.5 Å². The van der Waals surface area contributed by atoms with Crippen LogP contribution in [0.25, 0.3) is 27.7 Å². The van der Waals surface area contributed by atoms with E-state index in [4.69, 9.17) is 0 Å². The number of hydrogen-bond donors (Lipinski definition) is 3. The zero-order chi connectivity index (χ0) is 25.4. The number of aromatic nitrogens is 1. The van der Waals surface area contributed by atoms with Crippen LogP contribution >= 0.6 is 10.6 Å². The molecule has 188 valence electrons. The maximum atomic E-state index is 13.6. The Kier molecular flexibility index (Phi) is 6.42. The summed E-state index contributed by atoms with van der Waals surface area (Å²) in [5, 5.41) is 3.61. The number of rotatable bonds is 6. The second-order valence-electron chi connectivity index (χ2n) is 8.66. The van der Waals surface area contributed by atoms with Gasteiger partial charge in [-0.3, -0.25) is 13.9 Å². The molecule has 1 saturated heterocycles. The third-order valence-electron chi connectivity index (χ3n) is 6.14. The summed E-state index contributed by atoms with van der Waals surface area (Å²) >= 11 is 0. The van der Waals surface area contributed by atoms with Crippen molar-refractivity contribution in [2.24, 2.45) is 0 Å². The zero-order valence-corrected chi connectivity index (χ0v) is 19.7. The van der Waals surface area contributed by atoms with Gasteiger partial charge in [0.1, 0.15) is 11.6 Å². The standard InChI is InChI=1S/C26H23F3N2O4S/c27-18-5-7-20(8-6-18)31-14-23(16-2-1-3-21(12-16)35-26(28)29)22-9-4-17(13-24(22)31)25(32)30-19-10-11-36(33,34)15-19/h1-9,12-14,19,26,33-34H,10-11,15H2,(H,30,32). The molecule has 0 bridgehead atoms. The number of fused-ring (bicyclic) bond motifs is 1. The van der Waals surface area contributed by atoms with Crippen LogP contribution in [-0.4, -0.2) is 43.7 Å². The molecule has 1 atom stereocenters. The third-order valence-corrected chi connectivity index (χ3v) is 7.97. The first-order valence-electron chi connectivity index (χ1n) is 11.2. The highest BCUT2D eigenvalue weighted by Gasteiger charge is 2.29. The zero-order valence-electron chi connectivity index (χ0n) is 18.9. The molecule has 1 aliphatic rings. The van der Waals surface area contributed by atoms with Gasteiger partial charge in [-0.25, -0.2) is 4.39 Å². The van der Waals surface area contributed by atoms with Gasteiger partial charge in [-0.2, -0.15) is 19.4 Å². The van der Waals surface area contributed by atoms with E-state index in [9.17, 15) is 27.1 Å². The molecule has 36 heavy (non-hydrogen) atoms. The van der Waals surface area contributed by atoms with Gasteiger partial charge in [0.25, 0.3) is 5.91 Å². The highest BCUT2D eigenvalue weighted by atomic mass is 32.3. The average molecular weight is 517 g/mol. The molecule has 0 saturated carbocycles. The Labute approximate surface area is 206 Å². The Morgan fingerprint density at radius 1 is 1.08 bits per heavy atom. The van der Waals surface area contributed by atoms with Crippen molar-refractivity contribution >= 4 is 27.4 Å². The number of carbonyl (C=O) groups is 1. The fourth-order valence-electron chi connectivity index (χ4n) is 4.46. The first-order chi connectivity index (χ1) is 17.2. The van der Waals surface area contributed by atoms with E-state index in [1.807, 2.05) is 0 Å². The molecule has 5 rings (SSSR count). The van der Waals surface area contributed by atoms with Crippen LogP contribution in [0.15, 0.2) is 72.9 Å². The molecule has 2 heterocycles. The summed E-state index contributed by atoms with van der Waals surface area (Å²) < 4.78 is 65.2. The van der Waals surface area contributed by atoms with E-state index < -0.39 is 23.0 Å². The van der Waals surface area contributed by atoms with Gasteiger partial charge in [-0.15, -0.1) is 0 Å². The van der Waals surface area contributed by atoms with Crippen molar-refractivity contribution in [1.29, 1.82) is 0 Å². The fraction of sp³-hybridized carbons (Fsp3) is 0.192. The summed E-state index contributed by atoms with van der Waals surface area (Å²) in [4.78, 5) is 13.0. The number of halogens is 3. The molecule has 6 nitrogen and oxygen atoms in total. The number of hydrogen-bond acceptors (Lipinski definition) is 4. The van der Waals surface area contributed by atoms with Crippen LogP contribution in [0, 0.1) is 5.82 Å². The molecule has 1 amide bonds. The molecular formula is C26H23F3N2O4S. The van der Waals surface area contributed by atoms with Gasteiger partial charge in [0.2, 0.25) is 0 Å². The molecule has 10 heteroatoms. The first kappa shape index (κ1) is 24.2. The second-order valence-corrected chi connectivity index (χ2v) is 11.0. The van der Waals surface area contributed by atoms with Crippen LogP contribution < -0.4 is 10.1 Å². The van der Waals surface area contributed by atoms with Gasteiger partial charge in [0.15, 0.2) is 0 Å².